The largest absolute Gasteiger partial charge is 0.386 e. The lowest BCUT2D eigenvalue weighted by Gasteiger charge is -2.16. The molecule has 0 aliphatic carbocycles. The van der Waals surface area contributed by atoms with E-state index in [4.69, 9.17) is 0 Å². The van der Waals surface area contributed by atoms with Crippen molar-refractivity contribution in [3.05, 3.63) is 176 Å². The van der Waals surface area contributed by atoms with Crippen molar-refractivity contribution in [2.24, 2.45) is 0 Å². The second-order valence-electron chi connectivity index (χ2n) is 12.0. The third-order valence-electron chi connectivity index (χ3n) is 9.18. The zero-order chi connectivity index (χ0) is 31.2. The van der Waals surface area contributed by atoms with Crippen molar-refractivity contribution in [3.63, 3.8) is 0 Å². The minimum Gasteiger partial charge on any atom is -0.386 e. The molecule has 0 unspecified atom stereocenters. The Morgan fingerprint density at radius 3 is 2.15 bits per heavy atom. The van der Waals surface area contributed by atoms with Crippen LogP contribution in [0, 0.1) is 0 Å². The van der Waals surface area contributed by atoms with E-state index in [-0.39, 0.29) is 0 Å². The second-order valence-corrected chi connectivity index (χ2v) is 12.0. The van der Waals surface area contributed by atoms with Crippen LogP contribution >= 0.6 is 0 Å². The van der Waals surface area contributed by atoms with Crippen LogP contribution in [0.1, 0.15) is 11.3 Å². The Balaban J connectivity index is 1.19. The van der Waals surface area contributed by atoms with E-state index in [0.717, 1.165) is 34.6 Å². The Kier molecular flexibility index (Phi) is 6.50. The molecule has 47 heavy (non-hydrogen) atoms. The highest BCUT2D eigenvalue weighted by atomic mass is 15.0. The summed E-state index contributed by atoms with van der Waals surface area (Å²) in [4.78, 5) is 8.86. The van der Waals surface area contributed by atoms with Gasteiger partial charge in [-0.1, -0.05) is 91.0 Å². The van der Waals surface area contributed by atoms with Gasteiger partial charge in [0, 0.05) is 53.2 Å². The number of dihydropyridines is 1. The van der Waals surface area contributed by atoms with Gasteiger partial charge >= 0.3 is 0 Å². The lowest BCUT2D eigenvalue weighted by atomic mass is 9.96. The van der Waals surface area contributed by atoms with Gasteiger partial charge < -0.3 is 9.88 Å². The van der Waals surface area contributed by atoms with E-state index >= 15 is 0 Å². The van der Waals surface area contributed by atoms with Crippen LogP contribution in [0.5, 0.6) is 0 Å². The maximum absolute atomic E-state index is 4.58. The lowest BCUT2D eigenvalue weighted by Crippen LogP contribution is -2.14. The third kappa shape index (κ3) is 4.79. The van der Waals surface area contributed by atoms with Gasteiger partial charge in [0.2, 0.25) is 0 Å². The van der Waals surface area contributed by atoms with Gasteiger partial charge in [-0.05, 0) is 92.9 Å². The molecule has 0 bridgehead atoms. The van der Waals surface area contributed by atoms with Crippen LogP contribution in [0.4, 0.5) is 0 Å². The number of allylic oxidation sites excluding steroid dienone is 2. The van der Waals surface area contributed by atoms with Crippen molar-refractivity contribution >= 4 is 43.7 Å². The van der Waals surface area contributed by atoms with E-state index < -0.39 is 0 Å². The first-order valence-electron chi connectivity index (χ1n) is 15.9. The zero-order valence-electron chi connectivity index (χ0n) is 25.6. The van der Waals surface area contributed by atoms with Gasteiger partial charge in [0.1, 0.15) is 0 Å². The summed E-state index contributed by atoms with van der Waals surface area (Å²) < 4.78 is 2.43. The zero-order valence-corrected chi connectivity index (χ0v) is 25.6. The topological polar surface area (TPSA) is 42.7 Å². The van der Waals surface area contributed by atoms with Crippen LogP contribution in [0.25, 0.3) is 71.7 Å². The predicted octanol–water partition coefficient (Wildman–Crippen LogP) is 10.1. The summed E-state index contributed by atoms with van der Waals surface area (Å²) in [5.74, 6) is 0. The number of aromatic nitrogens is 3. The number of hydrogen-bond acceptors (Lipinski definition) is 3. The average Bonchev–Trinajstić information content (AvgIpc) is 3.50. The first-order chi connectivity index (χ1) is 23.3. The fourth-order valence-corrected chi connectivity index (χ4v) is 6.86. The maximum atomic E-state index is 4.58. The summed E-state index contributed by atoms with van der Waals surface area (Å²) in [5, 5.41) is 8.39. The lowest BCUT2D eigenvalue weighted by molar-refractivity contribution is 0.982. The molecular weight excluding hydrogens is 573 g/mol. The van der Waals surface area contributed by atoms with E-state index in [2.05, 4.69) is 147 Å². The number of pyridine rings is 2. The van der Waals surface area contributed by atoms with E-state index in [1.165, 1.54) is 54.8 Å². The van der Waals surface area contributed by atoms with Gasteiger partial charge in [0.15, 0.2) is 0 Å². The molecule has 4 nitrogen and oxygen atoms in total. The van der Waals surface area contributed by atoms with Gasteiger partial charge in [0.05, 0.1) is 16.7 Å². The van der Waals surface area contributed by atoms with E-state index in [0.29, 0.717) is 0 Å². The second kappa shape index (κ2) is 11.3. The molecule has 1 aliphatic heterocycles. The highest BCUT2D eigenvalue weighted by Crippen LogP contribution is 2.39. The third-order valence-corrected chi connectivity index (χ3v) is 9.18. The summed E-state index contributed by atoms with van der Waals surface area (Å²) in [6.45, 7) is 0.766. The maximum Gasteiger partial charge on any atom is 0.0679 e. The summed E-state index contributed by atoms with van der Waals surface area (Å²) in [6, 6.07) is 47.9. The molecule has 0 atom stereocenters. The van der Waals surface area contributed by atoms with E-state index in [1.54, 1.807) is 0 Å². The molecule has 0 spiro atoms. The quantitative estimate of drug-likeness (QED) is 0.213. The molecule has 5 aromatic carbocycles. The minimum atomic E-state index is 0.766. The number of nitrogens with one attached hydrogen (secondary N) is 1. The number of benzene rings is 5. The molecule has 0 fully saturated rings. The number of fused-ring (bicyclic) bond motifs is 5. The fourth-order valence-electron chi connectivity index (χ4n) is 6.86. The van der Waals surface area contributed by atoms with Crippen LogP contribution in [-0.2, 0) is 0 Å². The monoisotopic (exact) mass is 602 g/mol. The minimum absolute atomic E-state index is 0.766. The van der Waals surface area contributed by atoms with Crippen LogP contribution in [0.15, 0.2) is 164 Å². The molecule has 0 saturated heterocycles. The van der Waals surface area contributed by atoms with Gasteiger partial charge in [-0.2, -0.15) is 0 Å². The Hall–Kier alpha value is -6.26. The first kappa shape index (κ1) is 27.1. The summed E-state index contributed by atoms with van der Waals surface area (Å²) in [6.07, 6.45) is 9.93. The summed E-state index contributed by atoms with van der Waals surface area (Å²) >= 11 is 0. The number of hydrogen-bond donors (Lipinski definition) is 1. The highest BCUT2D eigenvalue weighted by Gasteiger charge is 2.17. The Morgan fingerprint density at radius 2 is 1.34 bits per heavy atom. The molecule has 0 saturated carbocycles. The van der Waals surface area contributed by atoms with Crippen molar-refractivity contribution in [2.75, 3.05) is 6.54 Å². The molecule has 8 aromatic rings. The van der Waals surface area contributed by atoms with Crippen molar-refractivity contribution in [2.45, 2.75) is 0 Å². The molecule has 1 N–H and O–H groups in total. The highest BCUT2D eigenvalue weighted by molar-refractivity contribution is 6.19. The molecule has 3 aromatic heterocycles. The van der Waals surface area contributed by atoms with Crippen molar-refractivity contribution < 1.29 is 0 Å². The predicted molar refractivity (Wildman–Crippen MR) is 195 cm³/mol. The summed E-state index contributed by atoms with van der Waals surface area (Å²) in [7, 11) is 0. The fraction of sp³-hybridized carbons (Fsp3) is 0.0233. The van der Waals surface area contributed by atoms with Gasteiger partial charge in [-0.25, -0.2) is 0 Å². The van der Waals surface area contributed by atoms with Gasteiger partial charge in [-0.3, -0.25) is 9.97 Å². The van der Waals surface area contributed by atoms with Crippen molar-refractivity contribution in [3.8, 4) is 27.9 Å². The Labute approximate surface area is 273 Å². The van der Waals surface area contributed by atoms with Crippen LogP contribution in [0.3, 0.4) is 0 Å². The van der Waals surface area contributed by atoms with Crippen LogP contribution in [-0.4, -0.2) is 21.1 Å². The molecule has 1 aliphatic rings. The van der Waals surface area contributed by atoms with Crippen molar-refractivity contribution in [1.82, 2.24) is 19.9 Å². The average molecular weight is 603 g/mol. The molecule has 0 amide bonds. The Morgan fingerprint density at radius 1 is 0.574 bits per heavy atom. The SMILES string of the molecule is C1=C(c2ccc3c(ccc4c5ccc(-c6ccc(-c7cccnc7)cc6)cc5n(-c5ccccc5)c34)c2)C=C(c2ccccn2)CN1. The molecule has 4 heteroatoms. The molecular formula is C43H30N4. The van der Waals surface area contributed by atoms with Crippen molar-refractivity contribution in [1.29, 1.82) is 0 Å². The summed E-state index contributed by atoms with van der Waals surface area (Å²) in [5.41, 5.74) is 12.7. The van der Waals surface area contributed by atoms with E-state index in [1.807, 2.05) is 36.8 Å². The normalized spacial score (nSPS) is 13.0. The molecule has 0 radical (unpaired) electrons. The molecule has 4 heterocycles. The number of nitrogens with zero attached hydrogens (tertiary/aromatic N) is 3. The van der Waals surface area contributed by atoms with E-state index in [9.17, 15) is 0 Å². The standard InChI is InChI=1S/C43H30N4/c1-2-8-37(9-3-1)47-42-25-32(29-11-13-30(14-12-29)34-7-6-21-44-26-34)16-19-39(42)40-20-17-33-23-31(15-18-38(33)43(40)47)35-24-36(28-45-27-35)41-10-4-5-22-46-41/h1-27,45H,28H2. The Bertz CT molecular complexity index is 2470. The van der Waals surface area contributed by atoms with Crippen LogP contribution in [0.2, 0.25) is 0 Å². The number of para-hydroxylation sites is 1. The molecule has 9 rings (SSSR count). The first-order valence-corrected chi connectivity index (χ1v) is 15.9. The molecule has 222 valence electrons. The van der Waals surface area contributed by atoms with Gasteiger partial charge in [-0.15, -0.1) is 0 Å². The smallest absolute Gasteiger partial charge is 0.0679 e. The van der Waals surface area contributed by atoms with Gasteiger partial charge in [0.25, 0.3) is 0 Å². The van der Waals surface area contributed by atoms with Crippen LogP contribution < -0.4 is 5.32 Å². The number of rotatable bonds is 5.